The molecule has 0 fully saturated rings. The molecule has 0 unspecified atom stereocenters. The maximum atomic E-state index is 13.9. The number of nitrogens with zero attached hydrogens (tertiary/aromatic N) is 4. The summed E-state index contributed by atoms with van der Waals surface area (Å²) >= 11 is 1.13. The van der Waals surface area contributed by atoms with Crippen LogP contribution >= 0.6 is 11.3 Å². The highest BCUT2D eigenvalue weighted by molar-refractivity contribution is 7.13. The second-order valence-corrected chi connectivity index (χ2v) is 9.38. The van der Waals surface area contributed by atoms with Crippen molar-refractivity contribution in [1.82, 2.24) is 14.5 Å². The first-order chi connectivity index (χ1) is 16.5. The van der Waals surface area contributed by atoms with Crippen LogP contribution in [-0.4, -0.2) is 25.9 Å². The molecule has 0 atom stereocenters. The Morgan fingerprint density at radius 1 is 1.09 bits per heavy atom. The number of thiophene rings is 1. The van der Waals surface area contributed by atoms with E-state index in [4.69, 9.17) is 4.98 Å². The number of fused-ring (bicyclic) bond motifs is 1. The van der Waals surface area contributed by atoms with Crippen molar-refractivity contribution in [3.05, 3.63) is 126 Å². The molecule has 0 aliphatic carbocycles. The number of hydrogen-bond donors (Lipinski definition) is 0. The molecular weight excluding hydrogens is 448 g/mol. The number of nitro groups is 1. The van der Waals surface area contributed by atoms with Crippen LogP contribution in [-0.2, 0) is 19.5 Å². The van der Waals surface area contributed by atoms with Gasteiger partial charge in [-0.3, -0.25) is 24.4 Å². The first kappa shape index (κ1) is 22.2. The van der Waals surface area contributed by atoms with Gasteiger partial charge in [-0.05, 0) is 23.6 Å². The van der Waals surface area contributed by atoms with E-state index in [1.54, 1.807) is 6.07 Å². The third-order valence-corrected chi connectivity index (χ3v) is 7.16. The van der Waals surface area contributed by atoms with Crippen molar-refractivity contribution < 1.29 is 4.92 Å². The van der Waals surface area contributed by atoms with Crippen LogP contribution in [0.3, 0.4) is 0 Å². The molecule has 0 bridgehead atoms. The maximum Gasteiger partial charge on any atom is 0.324 e. The van der Waals surface area contributed by atoms with E-state index in [1.165, 1.54) is 0 Å². The lowest BCUT2D eigenvalue weighted by atomic mass is 9.97. The average molecular weight is 473 g/mol. The Morgan fingerprint density at radius 2 is 1.74 bits per heavy atom. The molecule has 0 spiro atoms. The fourth-order valence-corrected chi connectivity index (χ4v) is 5.38. The Morgan fingerprint density at radius 3 is 2.32 bits per heavy atom. The summed E-state index contributed by atoms with van der Waals surface area (Å²) in [5.74, 6) is 0.698. The molecule has 7 nitrogen and oxygen atoms in total. The number of rotatable bonds is 6. The molecule has 0 saturated heterocycles. The SMILES string of the molecule is Cc1nc2c(c(=O)n1C(c1ccccc1)c1ccccc1)CN(Cc1csc([N+](=O)[O-])c1)CC2. The Labute approximate surface area is 201 Å². The van der Waals surface area contributed by atoms with E-state index in [0.717, 1.165) is 40.3 Å². The van der Waals surface area contributed by atoms with Crippen molar-refractivity contribution in [2.24, 2.45) is 0 Å². The van der Waals surface area contributed by atoms with Crippen LogP contribution < -0.4 is 5.56 Å². The molecule has 8 heteroatoms. The summed E-state index contributed by atoms with van der Waals surface area (Å²) in [4.78, 5) is 31.6. The highest BCUT2D eigenvalue weighted by Gasteiger charge is 2.27. The van der Waals surface area contributed by atoms with Gasteiger partial charge in [-0.25, -0.2) is 4.98 Å². The van der Waals surface area contributed by atoms with Gasteiger partial charge in [-0.15, -0.1) is 0 Å². The minimum Gasteiger partial charge on any atom is -0.294 e. The Bertz CT molecular complexity index is 1340. The molecule has 5 rings (SSSR count). The lowest BCUT2D eigenvalue weighted by Crippen LogP contribution is -2.40. The Kier molecular flexibility index (Phi) is 6.08. The van der Waals surface area contributed by atoms with E-state index in [-0.39, 0.29) is 21.5 Å². The number of aryl methyl sites for hydroxylation is 1. The maximum absolute atomic E-state index is 13.9. The molecule has 0 N–H and O–H groups in total. The fraction of sp³-hybridized carbons (Fsp3) is 0.231. The molecule has 1 aliphatic heterocycles. The van der Waals surface area contributed by atoms with E-state index >= 15 is 0 Å². The quantitative estimate of drug-likeness (QED) is 0.300. The average Bonchev–Trinajstić information content (AvgIpc) is 3.32. The molecule has 2 aromatic carbocycles. The number of benzene rings is 2. The lowest BCUT2D eigenvalue weighted by molar-refractivity contribution is -0.380. The van der Waals surface area contributed by atoms with E-state index in [2.05, 4.69) is 4.90 Å². The van der Waals surface area contributed by atoms with Gasteiger partial charge in [-0.2, -0.15) is 0 Å². The Hall–Kier alpha value is -3.62. The monoisotopic (exact) mass is 472 g/mol. The third kappa shape index (κ3) is 4.30. The van der Waals surface area contributed by atoms with Gasteiger partial charge in [0.2, 0.25) is 0 Å². The van der Waals surface area contributed by atoms with Crippen molar-refractivity contribution in [1.29, 1.82) is 0 Å². The van der Waals surface area contributed by atoms with Gasteiger partial charge < -0.3 is 0 Å². The molecule has 1 aliphatic rings. The molecule has 172 valence electrons. The van der Waals surface area contributed by atoms with E-state index in [1.807, 2.05) is 77.5 Å². The zero-order valence-corrected chi connectivity index (χ0v) is 19.6. The summed E-state index contributed by atoms with van der Waals surface area (Å²) in [6.07, 6.45) is 0.680. The van der Waals surface area contributed by atoms with Gasteiger partial charge in [0.25, 0.3) is 5.56 Å². The van der Waals surface area contributed by atoms with E-state index in [9.17, 15) is 14.9 Å². The van der Waals surface area contributed by atoms with Crippen LogP contribution in [0, 0.1) is 17.0 Å². The summed E-state index contributed by atoms with van der Waals surface area (Å²) in [6, 6.07) is 21.4. The van der Waals surface area contributed by atoms with Crippen molar-refractivity contribution in [3.63, 3.8) is 0 Å². The number of aromatic nitrogens is 2. The topological polar surface area (TPSA) is 81.3 Å². The van der Waals surface area contributed by atoms with Crippen molar-refractivity contribution in [2.75, 3.05) is 6.54 Å². The number of hydrogen-bond acceptors (Lipinski definition) is 6. The molecule has 2 aromatic heterocycles. The van der Waals surface area contributed by atoms with Crippen LogP contribution in [0.1, 0.15) is 39.8 Å². The van der Waals surface area contributed by atoms with Crippen molar-refractivity contribution in [2.45, 2.75) is 32.5 Å². The van der Waals surface area contributed by atoms with Gasteiger partial charge >= 0.3 is 5.00 Å². The van der Waals surface area contributed by atoms with Gasteiger partial charge in [0.1, 0.15) is 5.82 Å². The Balaban J connectivity index is 1.53. The highest BCUT2D eigenvalue weighted by atomic mass is 32.1. The van der Waals surface area contributed by atoms with Crippen LogP contribution in [0.25, 0.3) is 0 Å². The molecule has 34 heavy (non-hydrogen) atoms. The van der Waals surface area contributed by atoms with Gasteiger partial charge in [0, 0.05) is 37.5 Å². The van der Waals surface area contributed by atoms with Crippen LogP contribution in [0.5, 0.6) is 0 Å². The van der Waals surface area contributed by atoms with Gasteiger partial charge in [0.05, 0.1) is 22.2 Å². The normalized spacial score (nSPS) is 13.7. The predicted octanol–water partition coefficient (Wildman–Crippen LogP) is 4.72. The zero-order chi connectivity index (χ0) is 23.7. The minimum atomic E-state index is -0.363. The predicted molar refractivity (Wildman–Crippen MR) is 132 cm³/mol. The van der Waals surface area contributed by atoms with Crippen LogP contribution in [0.4, 0.5) is 5.00 Å². The molecule has 0 saturated carbocycles. The first-order valence-electron chi connectivity index (χ1n) is 11.2. The zero-order valence-electron chi connectivity index (χ0n) is 18.8. The van der Waals surface area contributed by atoms with E-state index in [0.29, 0.717) is 30.9 Å². The first-order valence-corrected chi connectivity index (χ1v) is 12.0. The van der Waals surface area contributed by atoms with Gasteiger partial charge in [-0.1, -0.05) is 72.0 Å². The summed E-state index contributed by atoms with van der Waals surface area (Å²) in [6.45, 7) is 3.70. The van der Waals surface area contributed by atoms with E-state index < -0.39 is 0 Å². The third-order valence-electron chi connectivity index (χ3n) is 6.23. The van der Waals surface area contributed by atoms with Crippen LogP contribution in [0.2, 0.25) is 0 Å². The standard InChI is InChI=1S/C26H24N4O3S/c1-18-27-23-12-13-28(15-19-14-24(30(32)33)34-17-19)16-22(23)26(31)29(18)25(20-8-4-2-5-9-20)21-10-6-3-7-11-21/h2-11,14,17,25H,12-13,15-16H2,1H3. The summed E-state index contributed by atoms with van der Waals surface area (Å²) in [5, 5.41) is 13.0. The van der Waals surface area contributed by atoms with Crippen molar-refractivity contribution in [3.8, 4) is 0 Å². The lowest BCUT2D eigenvalue weighted by Gasteiger charge is -2.30. The summed E-state index contributed by atoms with van der Waals surface area (Å²) in [7, 11) is 0. The molecule has 0 amide bonds. The largest absolute Gasteiger partial charge is 0.324 e. The molecule has 4 aromatic rings. The molecular formula is C26H24N4O3S. The second kappa shape index (κ2) is 9.32. The fourth-order valence-electron chi connectivity index (χ4n) is 4.66. The second-order valence-electron chi connectivity index (χ2n) is 8.49. The highest BCUT2D eigenvalue weighted by Crippen LogP contribution is 2.28. The molecule has 3 heterocycles. The minimum absolute atomic E-state index is 0.0267. The van der Waals surface area contributed by atoms with Gasteiger partial charge in [0.15, 0.2) is 0 Å². The summed E-state index contributed by atoms with van der Waals surface area (Å²) < 4.78 is 1.81. The molecule has 0 radical (unpaired) electrons. The van der Waals surface area contributed by atoms with Crippen molar-refractivity contribution >= 4 is 16.3 Å². The summed E-state index contributed by atoms with van der Waals surface area (Å²) in [5.41, 5.74) is 4.48. The smallest absolute Gasteiger partial charge is 0.294 e. The van der Waals surface area contributed by atoms with Crippen LogP contribution in [0.15, 0.2) is 76.9 Å².